The van der Waals surface area contributed by atoms with Gasteiger partial charge in [0.2, 0.25) is 0 Å². The summed E-state index contributed by atoms with van der Waals surface area (Å²) in [6.45, 7) is 6.20. The van der Waals surface area contributed by atoms with Crippen LogP contribution in [0.1, 0.15) is 75.6 Å². The third-order valence-corrected chi connectivity index (χ3v) is 3.91. The van der Waals surface area contributed by atoms with E-state index in [9.17, 15) is 4.79 Å². The predicted molar refractivity (Wildman–Crippen MR) is 70.6 cm³/mol. The number of nitrogens with one attached hydrogen (secondary N) is 1. The van der Waals surface area contributed by atoms with E-state index in [1.165, 1.54) is 25.7 Å². The SMILES string of the molecule is Cc1[nH]n(C2CCCCCC2)c(=O)c1C(C)C. The van der Waals surface area contributed by atoms with Crippen molar-refractivity contribution in [3.05, 3.63) is 21.6 Å². The van der Waals surface area contributed by atoms with E-state index in [1.807, 2.05) is 11.6 Å². The van der Waals surface area contributed by atoms with Crippen LogP contribution in [0.5, 0.6) is 0 Å². The molecule has 0 atom stereocenters. The lowest BCUT2D eigenvalue weighted by molar-refractivity contribution is 0.394. The quantitative estimate of drug-likeness (QED) is 0.784. The van der Waals surface area contributed by atoms with Gasteiger partial charge in [-0.1, -0.05) is 39.5 Å². The largest absolute Gasteiger partial charge is 0.299 e. The van der Waals surface area contributed by atoms with E-state index in [0.29, 0.717) is 12.0 Å². The lowest BCUT2D eigenvalue weighted by Crippen LogP contribution is -2.24. The van der Waals surface area contributed by atoms with Crippen molar-refractivity contribution in [3.8, 4) is 0 Å². The highest BCUT2D eigenvalue weighted by Crippen LogP contribution is 2.26. The first-order chi connectivity index (χ1) is 8.11. The molecule has 0 bridgehead atoms. The molecular weight excluding hydrogens is 212 g/mol. The summed E-state index contributed by atoms with van der Waals surface area (Å²) in [5.41, 5.74) is 2.23. The number of hydrogen-bond acceptors (Lipinski definition) is 1. The molecule has 1 aliphatic carbocycles. The topological polar surface area (TPSA) is 37.8 Å². The van der Waals surface area contributed by atoms with Gasteiger partial charge in [0, 0.05) is 11.3 Å². The number of aryl methyl sites for hydroxylation is 1. The van der Waals surface area contributed by atoms with Crippen LogP contribution in [-0.4, -0.2) is 9.78 Å². The van der Waals surface area contributed by atoms with Gasteiger partial charge in [-0.05, 0) is 25.7 Å². The Labute approximate surface area is 103 Å². The highest BCUT2D eigenvalue weighted by Gasteiger charge is 2.20. The van der Waals surface area contributed by atoms with Crippen molar-refractivity contribution in [2.45, 2.75) is 71.3 Å². The van der Waals surface area contributed by atoms with Gasteiger partial charge >= 0.3 is 0 Å². The summed E-state index contributed by atoms with van der Waals surface area (Å²) in [6, 6.07) is 0.399. The van der Waals surface area contributed by atoms with Crippen molar-refractivity contribution >= 4 is 0 Å². The van der Waals surface area contributed by atoms with Crippen LogP contribution in [0.4, 0.5) is 0 Å². The molecule has 0 saturated heterocycles. The van der Waals surface area contributed by atoms with E-state index < -0.39 is 0 Å². The molecule has 1 heterocycles. The van der Waals surface area contributed by atoms with Crippen molar-refractivity contribution in [3.63, 3.8) is 0 Å². The lowest BCUT2D eigenvalue weighted by atomic mass is 10.0. The first-order valence-electron chi connectivity index (χ1n) is 6.92. The van der Waals surface area contributed by atoms with Crippen LogP contribution in [0.15, 0.2) is 4.79 Å². The Morgan fingerprint density at radius 3 is 2.24 bits per heavy atom. The maximum Gasteiger partial charge on any atom is 0.270 e. The van der Waals surface area contributed by atoms with Crippen molar-refractivity contribution < 1.29 is 0 Å². The maximum absolute atomic E-state index is 12.4. The summed E-state index contributed by atoms with van der Waals surface area (Å²) in [6.07, 6.45) is 7.46. The fourth-order valence-electron chi connectivity index (χ4n) is 3.03. The van der Waals surface area contributed by atoms with Crippen molar-refractivity contribution in [1.82, 2.24) is 9.78 Å². The molecule has 17 heavy (non-hydrogen) atoms. The maximum atomic E-state index is 12.4. The minimum Gasteiger partial charge on any atom is -0.299 e. The summed E-state index contributed by atoms with van der Waals surface area (Å²) in [7, 11) is 0. The molecule has 3 nitrogen and oxygen atoms in total. The highest BCUT2D eigenvalue weighted by atomic mass is 16.1. The minimum absolute atomic E-state index is 0.212. The normalized spacial score (nSPS) is 18.6. The first kappa shape index (κ1) is 12.5. The van der Waals surface area contributed by atoms with Gasteiger partial charge in [-0.15, -0.1) is 0 Å². The third-order valence-electron chi connectivity index (χ3n) is 3.91. The first-order valence-corrected chi connectivity index (χ1v) is 6.92. The molecule has 1 aliphatic rings. The number of rotatable bonds is 2. The van der Waals surface area contributed by atoms with Crippen LogP contribution < -0.4 is 5.56 Å². The van der Waals surface area contributed by atoms with Gasteiger partial charge in [-0.3, -0.25) is 9.89 Å². The average molecular weight is 236 g/mol. The van der Waals surface area contributed by atoms with E-state index in [4.69, 9.17) is 0 Å². The molecule has 0 unspecified atom stereocenters. The van der Waals surface area contributed by atoms with E-state index in [1.54, 1.807) is 0 Å². The van der Waals surface area contributed by atoms with Crippen LogP contribution in [0.3, 0.4) is 0 Å². The Balaban J connectivity index is 2.32. The van der Waals surface area contributed by atoms with Crippen LogP contribution >= 0.6 is 0 Å². The number of nitrogens with zero attached hydrogens (tertiary/aromatic N) is 1. The molecular formula is C14H24N2O. The van der Waals surface area contributed by atoms with Crippen molar-refractivity contribution in [1.29, 1.82) is 0 Å². The van der Waals surface area contributed by atoms with Crippen molar-refractivity contribution in [2.24, 2.45) is 0 Å². The summed E-state index contributed by atoms with van der Waals surface area (Å²) < 4.78 is 1.90. The fourth-order valence-corrected chi connectivity index (χ4v) is 3.03. The number of aromatic nitrogens is 2. The molecule has 0 aromatic carbocycles. The fraction of sp³-hybridized carbons (Fsp3) is 0.786. The van der Waals surface area contributed by atoms with Crippen LogP contribution in [0, 0.1) is 6.92 Å². The molecule has 1 N–H and O–H groups in total. The van der Waals surface area contributed by atoms with Gasteiger partial charge in [0.25, 0.3) is 5.56 Å². The second kappa shape index (κ2) is 5.11. The molecule has 3 heteroatoms. The molecule has 0 aliphatic heterocycles. The molecule has 1 aromatic heterocycles. The standard InChI is InChI=1S/C14H24N2O/c1-10(2)13-11(3)15-16(14(13)17)12-8-6-4-5-7-9-12/h10,12,15H,4-9H2,1-3H3. The number of hydrogen-bond donors (Lipinski definition) is 1. The van der Waals surface area contributed by atoms with Gasteiger partial charge in [0.15, 0.2) is 0 Å². The van der Waals surface area contributed by atoms with Gasteiger partial charge in [0.05, 0.1) is 6.04 Å². The van der Waals surface area contributed by atoms with E-state index in [0.717, 1.165) is 24.1 Å². The Morgan fingerprint density at radius 2 is 1.76 bits per heavy atom. The van der Waals surface area contributed by atoms with Crippen LogP contribution in [-0.2, 0) is 0 Å². The predicted octanol–water partition coefficient (Wildman–Crippen LogP) is 3.50. The van der Waals surface area contributed by atoms with Gasteiger partial charge < -0.3 is 0 Å². The van der Waals surface area contributed by atoms with Crippen LogP contribution in [0.25, 0.3) is 0 Å². The zero-order valence-corrected chi connectivity index (χ0v) is 11.3. The molecule has 1 saturated carbocycles. The number of H-pyrrole nitrogens is 1. The third kappa shape index (κ3) is 2.48. The molecule has 1 fully saturated rings. The Bertz CT molecular complexity index is 420. The Hall–Kier alpha value is -0.990. The van der Waals surface area contributed by atoms with Gasteiger partial charge in [0.1, 0.15) is 0 Å². The lowest BCUT2D eigenvalue weighted by Gasteiger charge is -2.14. The molecule has 0 spiro atoms. The second-order valence-electron chi connectivity index (χ2n) is 5.63. The monoisotopic (exact) mass is 236 g/mol. The zero-order chi connectivity index (χ0) is 12.4. The smallest absolute Gasteiger partial charge is 0.270 e. The average Bonchev–Trinajstić information content (AvgIpc) is 2.48. The van der Waals surface area contributed by atoms with Gasteiger partial charge in [-0.2, -0.15) is 0 Å². The van der Waals surface area contributed by atoms with E-state index >= 15 is 0 Å². The summed E-state index contributed by atoms with van der Waals surface area (Å²) in [5, 5.41) is 3.30. The molecule has 96 valence electrons. The Morgan fingerprint density at radius 1 is 1.18 bits per heavy atom. The van der Waals surface area contributed by atoms with E-state index in [-0.39, 0.29) is 5.56 Å². The summed E-state index contributed by atoms with van der Waals surface area (Å²) in [5.74, 6) is 0.311. The summed E-state index contributed by atoms with van der Waals surface area (Å²) >= 11 is 0. The van der Waals surface area contributed by atoms with E-state index in [2.05, 4.69) is 18.9 Å². The number of aromatic amines is 1. The van der Waals surface area contributed by atoms with Gasteiger partial charge in [-0.25, -0.2) is 4.68 Å². The summed E-state index contributed by atoms with van der Waals surface area (Å²) in [4.78, 5) is 12.4. The highest BCUT2D eigenvalue weighted by molar-refractivity contribution is 5.19. The second-order valence-corrected chi connectivity index (χ2v) is 5.63. The zero-order valence-electron chi connectivity index (χ0n) is 11.3. The molecule has 1 aromatic rings. The Kier molecular flexibility index (Phi) is 3.75. The molecule has 0 radical (unpaired) electrons. The van der Waals surface area contributed by atoms with Crippen molar-refractivity contribution in [2.75, 3.05) is 0 Å². The minimum atomic E-state index is 0.212. The molecule has 0 amide bonds. The van der Waals surface area contributed by atoms with Crippen LogP contribution in [0.2, 0.25) is 0 Å². The molecule has 2 rings (SSSR count).